The Morgan fingerprint density at radius 1 is 1.56 bits per heavy atom. The molecule has 0 radical (unpaired) electrons. The van der Waals surface area contributed by atoms with Crippen molar-refractivity contribution < 1.29 is 13.9 Å². The fraction of sp³-hybridized carbons (Fsp3) is 0.167. The maximum atomic E-state index is 13.2. The van der Waals surface area contributed by atoms with Crippen LogP contribution in [0.3, 0.4) is 0 Å². The van der Waals surface area contributed by atoms with Crippen LogP contribution >= 0.6 is 11.3 Å². The lowest BCUT2D eigenvalue weighted by atomic mass is 10.1. The molecule has 1 aromatic carbocycles. The molecule has 0 atom stereocenters. The summed E-state index contributed by atoms with van der Waals surface area (Å²) in [4.78, 5) is 16.4. The van der Waals surface area contributed by atoms with Crippen molar-refractivity contribution in [3.63, 3.8) is 0 Å². The standard InChI is InChI=1S/C12H11FN2O2S/c1-17-12(16)10-3-2-8(13)4-11(10)15-6-9-5-14-7-18-9/h2-5,7,15H,6H2,1H3. The largest absolute Gasteiger partial charge is 0.465 e. The summed E-state index contributed by atoms with van der Waals surface area (Å²) >= 11 is 1.48. The summed E-state index contributed by atoms with van der Waals surface area (Å²) in [5.41, 5.74) is 2.43. The van der Waals surface area contributed by atoms with E-state index in [1.165, 1.54) is 36.6 Å². The molecule has 2 rings (SSSR count). The third kappa shape index (κ3) is 2.84. The van der Waals surface area contributed by atoms with E-state index >= 15 is 0 Å². The summed E-state index contributed by atoms with van der Waals surface area (Å²) in [5.74, 6) is -0.906. The Hall–Kier alpha value is -1.95. The Balaban J connectivity index is 2.19. The zero-order chi connectivity index (χ0) is 13.0. The smallest absolute Gasteiger partial charge is 0.339 e. The number of esters is 1. The first-order valence-corrected chi connectivity index (χ1v) is 6.08. The lowest BCUT2D eigenvalue weighted by molar-refractivity contribution is 0.0602. The molecule has 1 aromatic heterocycles. The zero-order valence-corrected chi connectivity index (χ0v) is 10.5. The molecule has 0 saturated heterocycles. The predicted octanol–water partition coefficient (Wildman–Crippen LogP) is 2.68. The summed E-state index contributed by atoms with van der Waals surface area (Å²) < 4.78 is 17.8. The molecule has 1 heterocycles. The van der Waals surface area contributed by atoms with E-state index in [4.69, 9.17) is 0 Å². The van der Waals surface area contributed by atoms with Gasteiger partial charge in [0.25, 0.3) is 0 Å². The number of benzene rings is 1. The minimum Gasteiger partial charge on any atom is -0.465 e. The number of ether oxygens (including phenoxy) is 1. The number of nitrogens with one attached hydrogen (secondary N) is 1. The van der Waals surface area contributed by atoms with Crippen molar-refractivity contribution in [2.45, 2.75) is 6.54 Å². The van der Waals surface area contributed by atoms with Crippen molar-refractivity contribution in [2.24, 2.45) is 0 Å². The van der Waals surface area contributed by atoms with E-state index < -0.39 is 11.8 Å². The van der Waals surface area contributed by atoms with Crippen molar-refractivity contribution in [1.29, 1.82) is 0 Å². The van der Waals surface area contributed by atoms with Crippen molar-refractivity contribution in [3.05, 3.63) is 46.2 Å². The van der Waals surface area contributed by atoms with Crippen LogP contribution in [0.4, 0.5) is 10.1 Å². The van der Waals surface area contributed by atoms with Gasteiger partial charge in [-0.1, -0.05) is 0 Å². The van der Waals surface area contributed by atoms with Crippen LogP contribution in [0, 0.1) is 5.82 Å². The first kappa shape index (κ1) is 12.5. The average Bonchev–Trinajstić information content (AvgIpc) is 2.88. The van der Waals surface area contributed by atoms with E-state index in [9.17, 15) is 9.18 Å². The van der Waals surface area contributed by atoms with E-state index in [-0.39, 0.29) is 0 Å². The minimum absolute atomic E-state index is 0.309. The normalized spacial score (nSPS) is 10.1. The van der Waals surface area contributed by atoms with Crippen LogP contribution in [0.1, 0.15) is 15.2 Å². The van der Waals surface area contributed by atoms with Crippen LogP contribution < -0.4 is 5.32 Å². The van der Waals surface area contributed by atoms with Gasteiger partial charge in [0, 0.05) is 11.1 Å². The maximum absolute atomic E-state index is 13.2. The third-order valence-electron chi connectivity index (χ3n) is 2.32. The molecule has 1 N–H and O–H groups in total. The highest BCUT2D eigenvalue weighted by molar-refractivity contribution is 7.09. The number of hydrogen-bond acceptors (Lipinski definition) is 5. The lowest BCUT2D eigenvalue weighted by Gasteiger charge is -2.09. The van der Waals surface area contributed by atoms with Gasteiger partial charge >= 0.3 is 5.97 Å². The second kappa shape index (κ2) is 5.59. The van der Waals surface area contributed by atoms with Crippen LogP contribution in [0.25, 0.3) is 0 Å². The quantitative estimate of drug-likeness (QED) is 0.864. The molecule has 0 amide bonds. The van der Waals surface area contributed by atoms with Gasteiger partial charge in [-0.2, -0.15) is 0 Å². The van der Waals surface area contributed by atoms with Crippen molar-refractivity contribution in [1.82, 2.24) is 4.98 Å². The Labute approximate surface area is 107 Å². The van der Waals surface area contributed by atoms with Crippen molar-refractivity contribution >= 4 is 23.0 Å². The van der Waals surface area contributed by atoms with Crippen LogP contribution in [0.2, 0.25) is 0 Å². The molecule has 0 aliphatic rings. The van der Waals surface area contributed by atoms with Gasteiger partial charge < -0.3 is 10.1 Å². The van der Waals surface area contributed by atoms with Gasteiger partial charge in [-0.3, -0.25) is 4.98 Å². The van der Waals surface area contributed by atoms with E-state index in [1.54, 1.807) is 11.7 Å². The number of aromatic nitrogens is 1. The maximum Gasteiger partial charge on any atom is 0.339 e. The Bertz CT molecular complexity index is 543. The van der Waals surface area contributed by atoms with Gasteiger partial charge in [-0.05, 0) is 18.2 Å². The summed E-state index contributed by atoms with van der Waals surface area (Å²) in [6, 6.07) is 3.90. The molecule has 94 valence electrons. The molecule has 2 aromatic rings. The summed E-state index contributed by atoms with van der Waals surface area (Å²) in [7, 11) is 1.29. The summed E-state index contributed by atoms with van der Waals surface area (Å²) in [6.45, 7) is 0.484. The number of thiazole rings is 1. The van der Waals surface area contributed by atoms with Gasteiger partial charge in [-0.15, -0.1) is 11.3 Å². The second-order valence-corrected chi connectivity index (χ2v) is 4.47. The minimum atomic E-state index is -0.498. The second-order valence-electron chi connectivity index (χ2n) is 3.50. The molecule has 0 saturated carbocycles. The molecule has 18 heavy (non-hydrogen) atoms. The van der Waals surface area contributed by atoms with Crippen LogP contribution in [0.5, 0.6) is 0 Å². The number of anilines is 1. The molecule has 0 aliphatic heterocycles. The predicted molar refractivity (Wildman–Crippen MR) is 67.2 cm³/mol. The van der Waals surface area contributed by atoms with Crippen molar-refractivity contribution in [2.75, 3.05) is 12.4 Å². The fourth-order valence-corrected chi connectivity index (χ4v) is 2.00. The molecule has 4 nitrogen and oxygen atoms in total. The van der Waals surface area contributed by atoms with Gasteiger partial charge in [0.1, 0.15) is 5.82 Å². The number of carbonyl (C=O) groups is 1. The molecule has 0 aliphatic carbocycles. The molecular formula is C12H11FN2O2S. The van der Waals surface area contributed by atoms with Gasteiger partial charge in [0.2, 0.25) is 0 Å². The molecule has 0 unspecified atom stereocenters. The number of hydrogen-bond donors (Lipinski definition) is 1. The third-order valence-corrected chi connectivity index (χ3v) is 3.10. The summed E-state index contributed by atoms with van der Waals surface area (Å²) in [6.07, 6.45) is 1.72. The molecule has 0 fully saturated rings. The summed E-state index contributed by atoms with van der Waals surface area (Å²) in [5, 5.41) is 3.00. The van der Waals surface area contributed by atoms with Gasteiger partial charge in [-0.25, -0.2) is 9.18 Å². The molecule has 0 spiro atoms. The van der Waals surface area contributed by atoms with Crippen LogP contribution in [0.15, 0.2) is 29.9 Å². The number of carbonyl (C=O) groups excluding carboxylic acids is 1. The number of halogens is 1. The lowest BCUT2D eigenvalue weighted by Crippen LogP contribution is -2.08. The van der Waals surface area contributed by atoms with Crippen molar-refractivity contribution in [3.8, 4) is 0 Å². The van der Waals surface area contributed by atoms with E-state index in [0.29, 0.717) is 17.8 Å². The topological polar surface area (TPSA) is 51.2 Å². The SMILES string of the molecule is COC(=O)c1ccc(F)cc1NCc1cncs1. The van der Waals surface area contributed by atoms with Crippen LogP contribution in [-0.4, -0.2) is 18.1 Å². The number of rotatable bonds is 4. The van der Waals surface area contributed by atoms with E-state index in [0.717, 1.165) is 4.88 Å². The van der Waals surface area contributed by atoms with E-state index in [1.807, 2.05) is 0 Å². The van der Waals surface area contributed by atoms with Crippen LogP contribution in [-0.2, 0) is 11.3 Å². The Morgan fingerprint density at radius 2 is 2.39 bits per heavy atom. The fourth-order valence-electron chi connectivity index (χ4n) is 1.46. The Kier molecular flexibility index (Phi) is 3.88. The average molecular weight is 266 g/mol. The Morgan fingerprint density at radius 3 is 3.06 bits per heavy atom. The number of methoxy groups -OCH3 is 1. The van der Waals surface area contributed by atoms with E-state index in [2.05, 4.69) is 15.0 Å². The molecular weight excluding hydrogens is 255 g/mol. The number of nitrogens with zero attached hydrogens (tertiary/aromatic N) is 1. The molecule has 6 heteroatoms. The first-order chi connectivity index (χ1) is 8.70. The monoisotopic (exact) mass is 266 g/mol. The highest BCUT2D eigenvalue weighted by atomic mass is 32.1. The highest BCUT2D eigenvalue weighted by Crippen LogP contribution is 2.19. The first-order valence-electron chi connectivity index (χ1n) is 5.20. The van der Waals surface area contributed by atoms with Gasteiger partial charge in [0.05, 0.1) is 30.4 Å². The highest BCUT2D eigenvalue weighted by Gasteiger charge is 2.12. The molecule has 0 bridgehead atoms. The zero-order valence-electron chi connectivity index (χ0n) is 9.64. The van der Waals surface area contributed by atoms with Gasteiger partial charge in [0.15, 0.2) is 0 Å².